The minimum atomic E-state index is 0.788. The van der Waals surface area contributed by atoms with Crippen LogP contribution in [0.3, 0.4) is 0 Å². The topological polar surface area (TPSA) is 36.9 Å². The second-order valence-corrected chi connectivity index (χ2v) is 13.5. The fourth-order valence-corrected chi connectivity index (χ4v) is 7.30. The summed E-state index contributed by atoms with van der Waals surface area (Å²) in [5.41, 5.74) is 6.70. The zero-order chi connectivity index (χ0) is 35.0. The maximum atomic E-state index is 6.05. The van der Waals surface area contributed by atoms with E-state index >= 15 is 0 Å². The highest BCUT2D eigenvalue weighted by Gasteiger charge is 2.19. The van der Waals surface area contributed by atoms with Crippen LogP contribution >= 0.6 is 0 Å². The Labute approximate surface area is 298 Å². The van der Waals surface area contributed by atoms with Gasteiger partial charge in [0, 0.05) is 22.3 Å². The Kier molecular flexibility index (Phi) is 11.5. The fraction of sp³-hybridized carbons (Fsp3) is 0.348. The van der Waals surface area contributed by atoms with E-state index in [9.17, 15) is 0 Å². The molecular formula is C46H52O4. The molecule has 4 heteroatoms. The van der Waals surface area contributed by atoms with Crippen LogP contribution in [0, 0.1) is 0 Å². The first-order valence-corrected chi connectivity index (χ1v) is 18.4. The summed E-state index contributed by atoms with van der Waals surface area (Å²) in [5, 5.41) is 6.85. The number of hydrogen-bond donors (Lipinski definition) is 0. The molecule has 0 saturated heterocycles. The molecule has 0 aliphatic rings. The normalized spacial score (nSPS) is 11.4. The molecule has 0 bridgehead atoms. The average molecular weight is 669 g/mol. The Morgan fingerprint density at radius 2 is 0.660 bits per heavy atom. The Balaban J connectivity index is 1.39. The SMILES string of the molecule is CCCCCCc1ccc2cc(-c3cc4cc(OC)c(-c5cc6ccc(CCCCCC)cc6cc5OC)cc4cc3OC)c(OC)cc2c1. The molecular weight excluding hydrogens is 617 g/mol. The van der Waals surface area contributed by atoms with Crippen LogP contribution in [0.15, 0.2) is 84.9 Å². The number of hydrogen-bond acceptors (Lipinski definition) is 4. The number of aryl methyl sites for hydroxylation is 2. The van der Waals surface area contributed by atoms with Gasteiger partial charge in [-0.25, -0.2) is 0 Å². The van der Waals surface area contributed by atoms with Gasteiger partial charge in [0.25, 0.3) is 0 Å². The molecule has 0 radical (unpaired) electrons. The first-order valence-electron chi connectivity index (χ1n) is 18.4. The minimum Gasteiger partial charge on any atom is -0.496 e. The van der Waals surface area contributed by atoms with E-state index in [4.69, 9.17) is 18.9 Å². The first-order chi connectivity index (χ1) is 24.5. The van der Waals surface area contributed by atoms with Gasteiger partial charge in [-0.1, -0.05) is 88.8 Å². The molecule has 6 aromatic rings. The molecule has 6 aromatic carbocycles. The summed E-state index contributed by atoms with van der Waals surface area (Å²) < 4.78 is 24.1. The van der Waals surface area contributed by atoms with Crippen molar-refractivity contribution < 1.29 is 18.9 Å². The Bertz CT molecular complexity index is 1940. The van der Waals surface area contributed by atoms with Crippen LogP contribution in [-0.2, 0) is 12.8 Å². The zero-order valence-electron chi connectivity index (χ0n) is 30.8. The molecule has 0 atom stereocenters. The third kappa shape index (κ3) is 7.55. The molecule has 6 rings (SSSR count). The monoisotopic (exact) mass is 668 g/mol. The van der Waals surface area contributed by atoms with Gasteiger partial charge in [0.15, 0.2) is 0 Å². The summed E-state index contributed by atoms with van der Waals surface area (Å²) in [7, 11) is 6.96. The minimum absolute atomic E-state index is 0.788. The molecule has 0 amide bonds. The lowest BCUT2D eigenvalue weighted by Crippen LogP contribution is -1.96. The van der Waals surface area contributed by atoms with Crippen molar-refractivity contribution in [2.24, 2.45) is 0 Å². The molecule has 260 valence electrons. The van der Waals surface area contributed by atoms with Crippen LogP contribution < -0.4 is 18.9 Å². The van der Waals surface area contributed by atoms with E-state index < -0.39 is 0 Å². The van der Waals surface area contributed by atoms with Gasteiger partial charge in [-0.15, -0.1) is 0 Å². The van der Waals surface area contributed by atoms with Gasteiger partial charge >= 0.3 is 0 Å². The third-order valence-electron chi connectivity index (χ3n) is 10.1. The van der Waals surface area contributed by atoms with Crippen molar-refractivity contribution in [3.63, 3.8) is 0 Å². The quantitative estimate of drug-likeness (QED) is 0.0962. The molecule has 0 aliphatic heterocycles. The highest BCUT2D eigenvalue weighted by molar-refractivity contribution is 6.00. The highest BCUT2D eigenvalue weighted by atomic mass is 16.5. The summed E-state index contributed by atoms with van der Waals surface area (Å²) >= 11 is 0. The molecule has 50 heavy (non-hydrogen) atoms. The van der Waals surface area contributed by atoms with Crippen molar-refractivity contribution in [3.05, 3.63) is 96.1 Å². The van der Waals surface area contributed by atoms with E-state index in [-0.39, 0.29) is 0 Å². The van der Waals surface area contributed by atoms with E-state index in [0.717, 1.165) is 68.9 Å². The number of benzene rings is 6. The van der Waals surface area contributed by atoms with Crippen molar-refractivity contribution in [1.29, 1.82) is 0 Å². The first kappa shape index (κ1) is 35.1. The Hall–Kier alpha value is -4.70. The van der Waals surface area contributed by atoms with Crippen LogP contribution in [0.4, 0.5) is 0 Å². The van der Waals surface area contributed by atoms with Crippen molar-refractivity contribution in [2.45, 2.75) is 78.1 Å². The van der Waals surface area contributed by atoms with Crippen molar-refractivity contribution in [2.75, 3.05) is 28.4 Å². The van der Waals surface area contributed by atoms with Gasteiger partial charge in [0.1, 0.15) is 23.0 Å². The number of unbranched alkanes of at least 4 members (excludes halogenated alkanes) is 6. The number of ether oxygens (including phenoxy) is 4. The van der Waals surface area contributed by atoms with E-state index in [0.29, 0.717) is 0 Å². The molecule has 0 aliphatic carbocycles. The summed E-state index contributed by atoms with van der Waals surface area (Å²) in [6.45, 7) is 4.51. The van der Waals surface area contributed by atoms with Crippen molar-refractivity contribution in [3.8, 4) is 45.3 Å². The number of rotatable bonds is 16. The zero-order valence-corrected chi connectivity index (χ0v) is 30.8. The molecule has 0 heterocycles. The van der Waals surface area contributed by atoms with Crippen molar-refractivity contribution >= 4 is 32.3 Å². The molecule has 0 unspecified atom stereocenters. The fourth-order valence-electron chi connectivity index (χ4n) is 7.30. The van der Waals surface area contributed by atoms with Gasteiger partial charge in [0.2, 0.25) is 0 Å². The van der Waals surface area contributed by atoms with Crippen LogP contribution in [0.1, 0.15) is 76.3 Å². The summed E-state index contributed by atoms with van der Waals surface area (Å²) in [6, 6.07) is 31.0. The molecule has 0 fully saturated rings. The van der Waals surface area contributed by atoms with Crippen molar-refractivity contribution in [1.82, 2.24) is 0 Å². The molecule has 0 aromatic heterocycles. The van der Waals surface area contributed by atoms with E-state index in [1.807, 2.05) is 0 Å². The second kappa shape index (κ2) is 16.3. The van der Waals surface area contributed by atoms with Crippen LogP contribution in [0.2, 0.25) is 0 Å². The summed E-state index contributed by atoms with van der Waals surface area (Å²) in [6.07, 6.45) is 12.3. The largest absolute Gasteiger partial charge is 0.496 e. The average Bonchev–Trinajstić information content (AvgIpc) is 3.15. The highest BCUT2D eigenvalue weighted by Crippen LogP contribution is 2.45. The maximum Gasteiger partial charge on any atom is 0.127 e. The lowest BCUT2D eigenvalue weighted by Gasteiger charge is -2.18. The Morgan fingerprint density at radius 1 is 0.340 bits per heavy atom. The van der Waals surface area contributed by atoms with Crippen LogP contribution in [0.25, 0.3) is 54.6 Å². The van der Waals surface area contributed by atoms with E-state index in [2.05, 4.69) is 98.8 Å². The third-order valence-corrected chi connectivity index (χ3v) is 10.1. The number of fused-ring (bicyclic) bond motifs is 3. The van der Waals surface area contributed by atoms with Gasteiger partial charge in [-0.2, -0.15) is 0 Å². The van der Waals surface area contributed by atoms with Gasteiger partial charge in [-0.3, -0.25) is 0 Å². The summed E-state index contributed by atoms with van der Waals surface area (Å²) in [5.74, 6) is 3.23. The summed E-state index contributed by atoms with van der Waals surface area (Å²) in [4.78, 5) is 0. The predicted molar refractivity (Wildman–Crippen MR) is 212 cm³/mol. The number of methoxy groups -OCH3 is 4. The van der Waals surface area contributed by atoms with Crippen LogP contribution in [-0.4, -0.2) is 28.4 Å². The standard InChI is InChI=1S/C46H52O4/c1-7-9-11-13-15-31-17-19-33-23-39(43(47-3)27-35(33)21-31)41-25-37-30-46(50-6)42(26-38(37)29-45(41)49-5)40-24-34-20-18-32(16-14-12-10-8-2)22-36(34)28-44(40)48-4/h17-30H,7-16H2,1-6H3. The van der Waals surface area contributed by atoms with Gasteiger partial charge < -0.3 is 18.9 Å². The predicted octanol–water partition coefficient (Wildman–Crippen LogP) is 12.8. The molecule has 0 saturated carbocycles. The molecule has 0 N–H and O–H groups in total. The molecule has 4 nitrogen and oxygen atoms in total. The van der Waals surface area contributed by atoms with Gasteiger partial charge in [0.05, 0.1) is 28.4 Å². The lowest BCUT2D eigenvalue weighted by atomic mass is 9.92. The van der Waals surface area contributed by atoms with Crippen LogP contribution in [0.5, 0.6) is 23.0 Å². The smallest absolute Gasteiger partial charge is 0.127 e. The molecule has 0 spiro atoms. The van der Waals surface area contributed by atoms with E-state index in [1.165, 1.54) is 84.0 Å². The second-order valence-electron chi connectivity index (χ2n) is 13.5. The van der Waals surface area contributed by atoms with Gasteiger partial charge in [-0.05, 0) is 118 Å². The van der Waals surface area contributed by atoms with E-state index in [1.54, 1.807) is 28.4 Å². The lowest BCUT2D eigenvalue weighted by molar-refractivity contribution is 0.410. The Morgan fingerprint density at radius 3 is 0.980 bits per heavy atom. The maximum absolute atomic E-state index is 6.05.